The number of carbonyl (C=O) groups is 1. The van der Waals surface area contributed by atoms with Crippen molar-refractivity contribution in [2.75, 3.05) is 25.2 Å². The Bertz CT molecular complexity index is 1500. The zero-order chi connectivity index (χ0) is 31.3. The first kappa shape index (κ1) is 32.1. The maximum atomic E-state index is 12.3. The van der Waals surface area contributed by atoms with Crippen molar-refractivity contribution in [3.8, 4) is 11.5 Å². The summed E-state index contributed by atoms with van der Waals surface area (Å²) in [5, 5.41) is 5.25. The summed E-state index contributed by atoms with van der Waals surface area (Å²) in [5.41, 5.74) is 7.96. The average Bonchev–Trinajstić information content (AvgIpc) is 3.27. The van der Waals surface area contributed by atoms with Crippen LogP contribution in [0.4, 0.5) is 5.69 Å². The maximum Gasteiger partial charge on any atom is 0.223 e. The fraction of sp³-hybridized carbons (Fsp3) is 0.667. The van der Waals surface area contributed by atoms with E-state index in [2.05, 4.69) is 68.4 Å². The van der Waals surface area contributed by atoms with Crippen LogP contribution in [0.2, 0.25) is 51.4 Å². The van der Waals surface area contributed by atoms with Crippen LogP contribution in [-0.4, -0.2) is 61.6 Å². The fourth-order valence-corrected chi connectivity index (χ4v) is 7.77. The molecule has 2 aliphatic carbocycles. The highest BCUT2D eigenvalue weighted by Gasteiger charge is 2.54. The smallest absolute Gasteiger partial charge is 0.223 e. The number of rotatable bonds is 13. The highest BCUT2D eigenvalue weighted by Crippen LogP contribution is 2.60. The summed E-state index contributed by atoms with van der Waals surface area (Å²) < 4.78 is 17.0. The molecule has 10 heteroatoms. The Kier molecular flexibility index (Phi) is 8.90. The van der Waals surface area contributed by atoms with Gasteiger partial charge in [0.2, 0.25) is 5.91 Å². The summed E-state index contributed by atoms with van der Waals surface area (Å²) in [6, 6.07) is 6.43. The van der Waals surface area contributed by atoms with E-state index >= 15 is 0 Å². The first-order chi connectivity index (χ1) is 20.1. The summed E-state index contributed by atoms with van der Waals surface area (Å²) >= 11 is 0. The van der Waals surface area contributed by atoms with E-state index in [-0.39, 0.29) is 5.91 Å². The molecule has 0 spiro atoms. The lowest BCUT2D eigenvalue weighted by Crippen LogP contribution is -2.23. The van der Waals surface area contributed by atoms with Gasteiger partial charge in [-0.1, -0.05) is 53.1 Å². The second-order valence-corrected chi connectivity index (χ2v) is 26.9. The molecule has 0 N–H and O–H groups in total. The zero-order valence-electron chi connectivity index (χ0n) is 28.3. The number of benzene rings is 1. The third-order valence-corrected chi connectivity index (χ3v) is 12.9. The van der Waals surface area contributed by atoms with Gasteiger partial charge in [0.15, 0.2) is 5.82 Å². The van der Waals surface area contributed by atoms with E-state index in [1.165, 1.54) is 17.7 Å². The Balaban J connectivity index is 1.59. The molecule has 2 aromatic heterocycles. The number of amides is 1. The summed E-state index contributed by atoms with van der Waals surface area (Å²) in [6.45, 7) is 22.9. The molecule has 43 heavy (non-hydrogen) atoms. The van der Waals surface area contributed by atoms with Crippen molar-refractivity contribution >= 4 is 38.8 Å². The molecule has 0 unspecified atom stereocenters. The van der Waals surface area contributed by atoms with Crippen molar-refractivity contribution < 1.29 is 14.3 Å². The lowest BCUT2D eigenvalue weighted by molar-refractivity contribution is -0.116. The van der Waals surface area contributed by atoms with Gasteiger partial charge in [-0.2, -0.15) is 5.10 Å². The highest BCUT2D eigenvalue weighted by molar-refractivity contribution is 6.76. The number of imidazole rings is 1. The normalized spacial score (nSPS) is 19.9. The minimum Gasteiger partial charge on any atom is -0.361 e. The Morgan fingerprint density at radius 3 is 2.33 bits per heavy atom. The Morgan fingerprint density at radius 1 is 1.07 bits per heavy atom. The fourth-order valence-electron chi connectivity index (χ4n) is 6.25. The topological polar surface area (TPSA) is 74.4 Å². The second-order valence-electron chi connectivity index (χ2n) is 15.7. The van der Waals surface area contributed by atoms with Crippen molar-refractivity contribution in [3.05, 3.63) is 29.0 Å². The predicted octanol–water partition coefficient (Wildman–Crippen LogP) is 7.19. The summed E-state index contributed by atoms with van der Waals surface area (Å²) in [5.74, 6) is 1.57. The van der Waals surface area contributed by atoms with E-state index in [1.807, 2.05) is 13.1 Å². The molecule has 0 aliphatic heterocycles. The second kappa shape index (κ2) is 11.9. The minimum absolute atomic E-state index is 0.00478. The molecule has 0 saturated heterocycles. The molecule has 1 saturated carbocycles. The first-order valence-corrected chi connectivity index (χ1v) is 23.5. The van der Waals surface area contributed by atoms with Crippen LogP contribution in [0.15, 0.2) is 12.1 Å². The van der Waals surface area contributed by atoms with Crippen molar-refractivity contribution in [1.82, 2.24) is 19.3 Å². The van der Waals surface area contributed by atoms with E-state index < -0.39 is 16.1 Å². The maximum absolute atomic E-state index is 12.3. The molecule has 2 heterocycles. The number of carbonyl (C=O) groups excluding carboxylic acids is 1. The molecular formula is C33H53N5O3Si2. The number of hydrogen-bond donors (Lipinski definition) is 0. The van der Waals surface area contributed by atoms with Gasteiger partial charge in [0, 0.05) is 60.3 Å². The number of ether oxygens (including phenoxy) is 2. The average molecular weight is 624 g/mol. The largest absolute Gasteiger partial charge is 0.361 e. The molecule has 2 atom stereocenters. The van der Waals surface area contributed by atoms with Gasteiger partial charge in [-0.15, -0.1) is 0 Å². The van der Waals surface area contributed by atoms with E-state index in [0.29, 0.717) is 24.8 Å². The minimum atomic E-state index is -1.23. The van der Waals surface area contributed by atoms with Crippen molar-refractivity contribution in [2.45, 2.75) is 111 Å². The standard InChI is InChI=1S/C33H53N5O3Si2/c1-11-24-16-26(36(4)23(2)39)18-28-31(24)37(21-40-12-14-42(5,6)7)32(34-28)30-27-17-25-19-33(25,3)20-29(27)38(35-30)22-41-13-15-43(8,9)10/h16,18,25H,11-15,17,19-22H2,1-10H3/t25-,33-/m1/s1. The number of nitrogens with zero attached hydrogens (tertiary/aromatic N) is 5. The third kappa shape index (κ3) is 7.02. The van der Waals surface area contributed by atoms with E-state index in [4.69, 9.17) is 19.6 Å². The molecule has 8 nitrogen and oxygen atoms in total. The SMILES string of the molecule is CCc1cc(N(C)C(C)=O)cc2nc(-c3nn(COCC[Si](C)(C)C)c4c3C[C@@H]3C[C@]3(C)C4)n(COCC[Si](C)(C)C)c12. The first-order valence-electron chi connectivity index (χ1n) is 16.1. The summed E-state index contributed by atoms with van der Waals surface area (Å²) in [6.07, 6.45) is 4.18. The van der Waals surface area contributed by atoms with Crippen LogP contribution in [0.1, 0.15) is 44.0 Å². The molecule has 1 aromatic carbocycles. The quantitative estimate of drug-likeness (QED) is 0.149. The Labute approximate surface area is 260 Å². The van der Waals surface area contributed by atoms with E-state index in [9.17, 15) is 4.79 Å². The van der Waals surface area contributed by atoms with Crippen LogP contribution in [0.3, 0.4) is 0 Å². The van der Waals surface area contributed by atoms with Crippen molar-refractivity contribution in [3.63, 3.8) is 0 Å². The van der Waals surface area contributed by atoms with Crippen LogP contribution in [-0.2, 0) is 47.0 Å². The van der Waals surface area contributed by atoms with Crippen molar-refractivity contribution in [2.24, 2.45) is 11.3 Å². The Morgan fingerprint density at radius 2 is 1.72 bits per heavy atom. The van der Waals surface area contributed by atoms with Gasteiger partial charge in [-0.3, -0.25) is 9.36 Å². The van der Waals surface area contributed by atoms with Crippen LogP contribution in [0.5, 0.6) is 0 Å². The number of aromatic nitrogens is 4. The number of anilines is 1. The van der Waals surface area contributed by atoms with Gasteiger partial charge in [0.25, 0.3) is 0 Å². The molecule has 5 rings (SSSR count). The summed E-state index contributed by atoms with van der Waals surface area (Å²) in [4.78, 5) is 19.2. The van der Waals surface area contributed by atoms with Gasteiger partial charge < -0.3 is 14.4 Å². The van der Waals surface area contributed by atoms with E-state index in [0.717, 1.165) is 78.4 Å². The predicted molar refractivity (Wildman–Crippen MR) is 181 cm³/mol. The van der Waals surface area contributed by atoms with Crippen LogP contribution in [0, 0.1) is 11.3 Å². The monoisotopic (exact) mass is 623 g/mol. The molecule has 0 bridgehead atoms. The van der Waals surface area contributed by atoms with Crippen molar-refractivity contribution in [1.29, 1.82) is 0 Å². The van der Waals surface area contributed by atoms with E-state index in [1.54, 1.807) is 11.8 Å². The lowest BCUT2D eigenvalue weighted by Gasteiger charge is -2.21. The zero-order valence-corrected chi connectivity index (χ0v) is 30.3. The molecule has 236 valence electrons. The molecule has 0 radical (unpaired) electrons. The molecule has 3 aromatic rings. The molecule has 2 aliphatic rings. The van der Waals surface area contributed by atoms with Gasteiger partial charge in [0.05, 0.1) is 11.0 Å². The third-order valence-electron chi connectivity index (χ3n) is 9.51. The number of fused-ring (bicyclic) bond motifs is 3. The Hall–Kier alpha value is -2.28. The summed E-state index contributed by atoms with van der Waals surface area (Å²) in [7, 11) is -0.577. The van der Waals surface area contributed by atoms with Gasteiger partial charge >= 0.3 is 0 Å². The lowest BCUT2D eigenvalue weighted by atomic mass is 9.87. The van der Waals surface area contributed by atoms with Crippen LogP contribution >= 0.6 is 0 Å². The van der Waals surface area contributed by atoms with Gasteiger partial charge in [-0.05, 0) is 66.8 Å². The van der Waals surface area contributed by atoms with Gasteiger partial charge in [0.1, 0.15) is 19.2 Å². The number of hydrogen-bond acceptors (Lipinski definition) is 5. The van der Waals surface area contributed by atoms with Crippen LogP contribution in [0.25, 0.3) is 22.6 Å². The molecule has 1 amide bonds. The van der Waals surface area contributed by atoms with Gasteiger partial charge in [-0.25, -0.2) is 9.67 Å². The molecule has 1 fully saturated rings. The molecular weight excluding hydrogens is 571 g/mol. The van der Waals surface area contributed by atoms with Crippen LogP contribution < -0.4 is 4.90 Å². The number of aryl methyl sites for hydroxylation is 1. The highest BCUT2D eigenvalue weighted by atomic mass is 28.3.